The molecule has 0 aliphatic carbocycles. The van der Waals surface area contributed by atoms with Crippen molar-refractivity contribution in [3.8, 4) is 0 Å². The Morgan fingerprint density at radius 1 is 1.05 bits per heavy atom. The first-order valence-corrected chi connectivity index (χ1v) is 7.35. The Hall–Kier alpha value is -0.963. The van der Waals surface area contributed by atoms with E-state index >= 15 is 0 Å². The average Bonchev–Trinajstić information content (AvgIpc) is 2.44. The van der Waals surface area contributed by atoms with Gasteiger partial charge in [0, 0.05) is 20.3 Å². The van der Waals surface area contributed by atoms with E-state index in [0.717, 1.165) is 0 Å². The van der Waals surface area contributed by atoms with Crippen LogP contribution in [-0.4, -0.2) is 29.9 Å². The largest absolute Gasteiger partial charge is 0.483 e. The molecular weight excluding hydrogens is 296 g/mol. The van der Waals surface area contributed by atoms with E-state index in [1.54, 1.807) is 6.92 Å². The molecular formula is C12H16F4O3Si. The van der Waals surface area contributed by atoms with Gasteiger partial charge < -0.3 is 13.3 Å². The Morgan fingerprint density at radius 2 is 1.65 bits per heavy atom. The van der Waals surface area contributed by atoms with Gasteiger partial charge in [0.15, 0.2) is 23.3 Å². The average molecular weight is 312 g/mol. The van der Waals surface area contributed by atoms with Crippen LogP contribution in [0.25, 0.3) is 0 Å². The molecule has 0 bridgehead atoms. The molecule has 0 heterocycles. The number of rotatable bonds is 7. The third-order valence-corrected chi connectivity index (χ3v) is 4.18. The molecule has 0 aliphatic heterocycles. The highest BCUT2D eigenvalue weighted by molar-refractivity contribution is 6.36. The Kier molecular flexibility index (Phi) is 6.60. The van der Waals surface area contributed by atoms with Crippen LogP contribution in [0.15, 0.2) is 6.07 Å². The van der Waals surface area contributed by atoms with Gasteiger partial charge >= 0.3 is 9.53 Å². The van der Waals surface area contributed by atoms with E-state index in [0.29, 0.717) is 6.07 Å². The lowest BCUT2D eigenvalue weighted by Crippen LogP contribution is -2.29. The summed E-state index contributed by atoms with van der Waals surface area (Å²) >= 11 is 0. The lowest BCUT2D eigenvalue weighted by molar-refractivity contribution is 0.0907. The maximum absolute atomic E-state index is 13.4. The zero-order valence-corrected chi connectivity index (χ0v) is 12.5. The number of hydrogen-bond donors (Lipinski definition) is 0. The fourth-order valence-electron chi connectivity index (χ4n) is 1.63. The summed E-state index contributed by atoms with van der Waals surface area (Å²) in [7, 11) is 0.666. The molecule has 1 aromatic carbocycles. The molecule has 0 radical (unpaired) electrons. The Bertz CT molecular complexity index is 455. The molecule has 0 spiro atoms. The first-order valence-electron chi connectivity index (χ1n) is 5.93. The number of aryl methyl sites for hydroxylation is 1. The fraction of sp³-hybridized carbons (Fsp3) is 0.500. The Morgan fingerprint density at radius 3 is 2.20 bits per heavy atom. The minimum absolute atomic E-state index is 0.00959. The van der Waals surface area contributed by atoms with Crippen molar-refractivity contribution in [1.29, 1.82) is 0 Å². The Labute approximate surface area is 116 Å². The molecule has 114 valence electrons. The SMILES string of the molecule is CO[SiH](OC)OC(C)CCc1cc(F)c(F)c(F)c1F. The summed E-state index contributed by atoms with van der Waals surface area (Å²) < 4.78 is 67.6. The van der Waals surface area contributed by atoms with E-state index in [4.69, 9.17) is 13.3 Å². The van der Waals surface area contributed by atoms with Crippen LogP contribution in [-0.2, 0) is 19.7 Å². The molecule has 20 heavy (non-hydrogen) atoms. The van der Waals surface area contributed by atoms with E-state index in [1.165, 1.54) is 14.2 Å². The topological polar surface area (TPSA) is 27.7 Å². The van der Waals surface area contributed by atoms with Gasteiger partial charge in [-0.2, -0.15) is 0 Å². The highest BCUT2D eigenvalue weighted by Crippen LogP contribution is 2.20. The number of hydrogen-bond acceptors (Lipinski definition) is 3. The van der Waals surface area contributed by atoms with Crippen LogP contribution >= 0.6 is 0 Å². The second-order valence-corrected chi connectivity index (χ2v) is 6.00. The first-order chi connectivity index (χ1) is 9.40. The maximum Gasteiger partial charge on any atom is 0.483 e. The van der Waals surface area contributed by atoms with Gasteiger partial charge in [-0.3, -0.25) is 0 Å². The molecule has 0 N–H and O–H groups in total. The van der Waals surface area contributed by atoms with Gasteiger partial charge in [-0.15, -0.1) is 0 Å². The van der Waals surface area contributed by atoms with Crippen LogP contribution in [0.3, 0.4) is 0 Å². The minimum Gasteiger partial charge on any atom is -0.379 e. The number of benzene rings is 1. The number of halogens is 4. The van der Waals surface area contributed by atoms with Crippen LogP contribution in [0, 0.1) is 23.3 Å². The van der Waals surface area contributed by atoms with Crippen LogP contribution < -0.4 is 0 Å². The molecule has 1 rings (SSSR count). The van der Waals surface area contributed by atoms with Gasteiger partial charge in [-0.05, 0) is 31.4 Å². The van der Waals surface area contributed by atoms with Gasteiger partial charge in [0.05, 0.1) is 0 Å². The third-order valence-electron chi connectivity index (χ3n) is 2.73. The molecule has 3 nitrogen and oxygen atoms in total. The molecule has 8 heteroatoms. The van der Waals surface area contributed by atoms with Gasteiger partial charge in [-0.25, -0.2) is 17.6 Å². The second kappa shape index (κ2) is 7.72. The van der Waals surface area contributed by atoms with Crippen molar-refractivity contribution in [3.05, 3.63) is 34.9 Å². The molecule has 0 aliphatic rings. The molecule has 0 aromatic heterocycles. The molecule has 1 unspecified atom stereocenters. The van der Waals surface area contributed by atoms with Crippen molar-refractivity contribution in [1.82, 2.24) is 0 Å². The maximum atomic E-state index is 13.4. The normalized spacial score (nSPS) is 13.0. The van der Waals surface area contributed by atoms with Crippen LogP contribution in [0.4, 0.5) is 17.6 Å². The van der Waals surface area contributed by atoms with E-state index in [1.807, 2.05) is 0 Å². The second-order valence-electron chi connectivity index (χ2n) is 4.20. The molecule has 0 saturated heterocycles. The summed E-state index contributed by atoms with van der Waals surface area (Å²) in [6.07, 6.45) is -0.0463. The van der Waals surface area contributed by atoms with Crippen molar-refractivity contribution in [2.24, 2.45) is 0 Å². The quantitative estimate of drug-likeness (QED) is 0.335. The van der Waals surface area contributed by atoms with E-state index in [2.05, 4.69) is 0 Å². The van der Waals surface area contributed by atoms with Crippen LogP contribution in [0.5, 0.6) is 0 Å². The third kappa shape index (κ3) is 4.27. The molecule has 1 atom stereocenters. The van der Waals surface area contributed by atoms with Crippen molar-refractivity contribution in [3.63, 3.8) is 0 Å². The zero-order valence-electron chi connectivity index (χ0n) is 11.4. The predicted molar refractivity (Wildman–Crippen MR) is 66.3 cm³/mol. The highest BCUT2D eigenvalue weighted by Gasteiger charge is 2.20. The summed E-state index contributed by atoms with van der Waals surface area (Å²) in [6, 6.07) is 0.655. The van der Waals surface area contributed by atoms with Crippen LogP contribution in [0.2, 0.25) is 0 Å². The molecule has 0 saturated carbocycles. The molecule has 0 fully saturated rings. The summed E-state index contributed by atoms with van der Waals surface area (Å²) in [5, 5.41) is 0. The minimum atomic E-state index is -2.22. The lowest BCUT2D eigenvalue weighted by atomic mass is 10.1. The van der Waals surface area contributed by atoms with Crippen molar-refractivity contribution >= 4 is 9.53 Å². The monoisotopic (exact) mass is 312 g/mol. The summed E-state index contributed by atoms with van der Waals surface area (Å²) in [4.78, 5) is 0. The van der Waals surface area contributed by atoms with Crippen molar-refractivity contribution < 1.29 is 30.8 Å². The molecule has 0 amide bonds. The van der Waals surface area contributed by atoms with Crippen LogP contribution in [0.1, 0.15) is 18.9 Å². The molecule has 1 aromatic rings. The smallest absolute Gasteiger partial charge is 0.379 e. The first kappa shape index (κ1) is 17.1. The van der Waals surface area contributed by atoms with Crippen molar-refractivity contribution in [2.45, 2.75) is 25.9 Å². The van der Waals surface area contributed by atoms with Crippen molar-refractivity contribution in [2.75, 3.05) is 14.2 Å². The fourth-order valence-corrected chi connectivity index (χ4v) is 2.56. The lowest BCUT2D eigenvalue weighted by Gasteiger charge is -2.18. The predicted octanol–water partition coefficient (Wildman–Crippen LogP) is 2.59. The highest BCUT2D eigenvalue weighted by atomic mass is 28.3. The summed E-state index contributed by atoms with van der Waals surface area (Å²) in [5.74, 6) is -6.38. The standard InChI is InChI=1S/C12H16F4O3Si/c1-7(19-20(17-2)18-3)4-5-8-6-9(13)11(15)12(16)10(8)14/h6-7,20H,4-5H2,1-3H3. The van der Waals surface area contributed by atoms with Gasteiger partial charge in [0.2, 0.25) is 0 Å². The van der Waals surface area contributed by atoms with Gasteiger partial charge in [0.1, 0.15) is 0 Å². The van der Waals surface area contributed by atoms with E-state index in [9.17, 15) is 17.6 Å². The Balaban J connectivity index is 2.66. The van der Waals surface area contributed by atoms with Gasteiger partial charge in [0.25, 0.3) is 0 Å². The van der Waals surface area contributed by atoms with E-state index < -0.39 is 32.8 Å². The van der Waals surface area contributed by atoms with E-state index in [-0.39, 0.29) is 24.5 Å². The zero-order chi connectivity index (χ0) is 15.3. The summed E-state index contributed by atoms with van der Waals surface area (Å²) in [5.41, 5.74) is -0.232. The van der Waals surface area contributed by atoms with Gasteiger partial charge in [-0.1, -0.05) is 0 Å². The summed E-state index contributed by atoms with van der Waals surface area (Å²) in [6.45, 7) is 1.70.